The van der Waals surface area contributed by atoms with Crippen LogP contribution in [0.25, 0.3) is 11.3 Å². The number of benzene rings is 1. The van der Waals surface area contributed by atoms with Crippen LogP contribution in [0.15, 0.2) is 47.5 Å². The Morgan fingerprint density at radius 1 is 1.20 bits per heavy atom. The lowest BCUT2D eigenvalue weighted by Gasteiger charge is -2.03. The molecule has 15 heavy (non-hydrogen) atoms. The first-order chi connectivity index (χ1) is 7.29. The van der Waals surface area contributed by atoms with E-state index in [-0.39, 0.29) is 0 Å². The summed E-state index contributed by atoms with van der Waals surface area (Å²) in [7, 11) is 0. The van der Waals surface area contributed by atoms with E-state index in [4.69, 9.17) is 5.73 Å². The molecule has 2 nitrogen and oxygen atoms in total. The minimum Gasteiger partial charge on any atom is -0.397 e. The van der Waals surface area contributed by atoms with E-state index in [0.29, 0.717) is 5.69 Å². The van der Waals surface area contributed by atoms with Gasteiger partial charge in [-0.2, -0.15) is 0 Å². The van der Waals surface area contributed by atoms with E-state index in [2.05, 4.69) is 29.4 Å². The van der Waals surface area contributed by atoms with Crippen molar-refractivity contribution in [3.8, 4) is 11.3 Å². The van der Waals surface area contributed by atoms with Gasteiger partial charge in [0.05, 0.1) is 17.6 Å². The molecular weight excluding hydrogens is 204 g/mol. The zero-order valence-corrected chi connectivity index (χ0v) is 9.29. The Morgan fingerprint density at radius 3 is 2.73 bits per heavy atom. The second-order valence-electron chi connectivity index (χ2n) is 3.21. The smallest absolute Gasteiger partial charge is 0.0704 e. The molecule has 0 saturated carbocycles. The van der Waals surface area contributed by atoms with Gasteiger partial charge in [-0.05, 0) is 30.5 Å². The fourth-order valence-electron chi connectivity index (χ4n) is 1.36. The lowest BCUT2D eigenvalue weighted by Crippen LogP contribution is -1.88. The van der Waals surface area contributed by atoms with Crippen molar-refractivity contribution in [1.82, 2.24) is 4.98 Å². The normalized spacial score (nSPS) is 10.2. The van der Waals surface area contributed by atoms with Crippen LogP contribution < -0.4 is 5.73 Å². The number of nitrogens with zero attached hydrogens (tertiary/aromatic N) is 1. The minimum absolute atomic E-state index is 0.694. The minimum atomic E-state index is 0.694. The van der Waals surface area contributed by atoms with Crippen LogP contribution in [0.4, 0.5) is 5.69 Å². The molecule has 0 amide bonds. The number of aromatic nitrogens is 1. The molecule has 76 valence electrons. The predicted octanol–water partition coefficient (Wildman–Crippen LogP) is 3.05. The van der Waals surface area contributed by atoms with Gasteiger partial charge in [0.1, 0.15) is 0 Å². The summed E-state index contributed by atoms with van der Waals surface area (Å²) in [5.74, 6) is 0. The highest BCUT2D eigenvalue weighted by molar-refractivity contribution is 7.98. The average molecular weight is 216 g/mol. The number of hydrogen-bond donors (Lipinski definition) is 1. The van der Waals surface area contributed by atoms with Gasteiger partial charge in [-0.1, -0.05) is 12.1 Å². The lowest BCUT2D eigenvalue weighted by molar-refractivity contribution is 1.32. The highest BCUT2D eigenvalue weighted by Crippen LogP contribution is 2.23. The Hall–Kier alpha value is -1.48. The van der Waals surface area contributed by atoms with E-state index in [0.717, 1.165) is 11.3 Å². The summed E-state index contributed by atoms with van der Waals surface area (Å²) in [5.41, 5.74) is 8.37. The van der Waals surface area contributed by atoms with E-state index in [1.165, 1.54) is 4.90 Å². The van der Waals surface area contributed by atoms with Crippen molar-refractivity contribution in [2.45, 2.75) is 4.90 Å². The molecule has 3 heteroatoms. The SMILES string of the molecule is CSc1cccc(-c2ccc(N)cn2)c1. The molecule has 2 aromatic rings. The van der Waals surface area contributed by atoms with Crippen molar-refractivity contribution < 1.29 is 0 Å². The largest absolute Gasteiger partial charge is 0.397 e. The maximum Gasteiger partial charge on any atom is 0.0704 e. The van der Waals surface area contributed by atoms with Crippen LogP contribution >= 0.6 is 11.8 Å². The molecule has 0 spiro atoms. The van der Waals surface area contributed by atoms with Gasteiger partial charge in [0, 0.05) is 10.5 Å². The molecule has 1 heterocycles. The van der Waals surface area contributed by atoms with Crippen molar-refractivity contribution in [1.29, 1.82) is 0 Å². The maximum absolute atomic E-state index is 5.59. The van der Waals surface area contributed by atoms with Crippen molar-refractivity contribution >= 4 is 17.4 Å². The van der Waals surface area contributed by atoms with Gasteiger partial charge in [0.15, 0.2) is 0 Å². The van der Waals surface area contributed by atoms with Gasteiger partial charge in [-0.15, -0.1) is 11.8 Å². The molecule has 2 N–H and O–H groups in total. The van der Waals surface area contributed by atoms with Crippen LogP contribution in [-0.2, 0) is 0 Å². The monoisotopic (exact) mass is 216 g/mol. The fraction of sp³-hybridized carbons (Fsp3) is 0.0833. The van der Waals surface area contributed by atoms with Crippen LogP contribution in [0.1, 0.15) is 0 Å². The molecule has 0 aliphatic heterocycles. The summed E-state index contributed by atoms with van der Waals surface area (Å²) < 4.78 is 0. The molecule has 0 unspecified atom stereocenters. The molecule has 0 bridgehead atoms. The number of pyridine rings is 1. The Morgan fingerprint density at radius 2 is 2.07 bits per heavy atom. The van der Waals surface area contributed by atoms with Gasteiger partial charge in [0.2, 0.25) is 0 Å². The van der Waals surface area contributed by atoms with Crippen molar-refractivity contribution in [3.05, 3.63) is 42.6 Å². The number of nitrogen functional groups attached to an aromatic ring is 1. The van der Waals surface area contributed by atoms with E-state index < -0.39 is 0 Å². The number of anilines is 1. The molecule has 0 atom stereocenters. The number of hydrogen-bond acceptors (Lipinski definition) is 3. The molecule has 1 aromatic carbocycles. The van der Waals surface area contributed by atoms with Crippen LogP contribution in [0.3, 0.4) is 0 Å². The molecule has 1 aromatic heterocycles. The van der Waals surface area contributed by atoms with E-state index in [9.17, 15) is 0 Å². The summed E-state index contributed by atoms with van der Waals surface area (Å²) in [6, 6.07) is 12.1. The van der Waals surface area contributed by atoms with Gasteiger partial charge >= 0.3 is 0 Å². The zero-order valence-electron chi connectivity index (χ0n) is 8.47. The fourth-order valence-corrected chi connectivity index (χ4v) is 1.82. The van der Waals surface area contributed by atoms with Gasteiger partial charge < -0.3 is 5.73 Å². The Bertz CT molecular complexity index is 451. The first kappa shape index (κ1) is 10.1. The molecule has 0 fully saturated rings. The van der Waals surface area contributed by atoms with Crippen molar-refractivity contribution in [2.75, 3.05) is 12.0 Å². The van der Waals surface area contributed by atoms with Crippen LogP contribution in [-0.4, -0.2) is 11.2 Å². The molecule has 2 rings (SSSR count). The Labute approximate surface area is 93.5 Å². The molecular formula is C12H12N2S. The van der Waals surface area contributed by atoms with Crippen LogP contribution in [0.5, 0.6) is 0 Å². The summed E-state index contributed by atoms with van der Waals surface area (Å²) >= 11 is 1.73. The third-order valence-corrected chi connectivity index (χ3v) is 2.88. The summed E-state index contributed by atoms with van der Waals surface area (Å²) in [6.45, 7) is 0. The summed E-state index contributed by atoms with van der Waals surface area (Å²) in [4.78, 5) is 5.53. The predicted molar refractivity (Wildman–Crippen MR) is 65.9 cm³/mol. The Kier molecular flexibility index (Phi) is 2.92. The first-order valence-corrected chi connectivity index (χ1v) is 5.88. The maximum atomic E-state index is 5.59. The van der Waals surface area contributed by atoms with E-state index in [1.54, 1.807) is 18.0 Å². The number of rotatable bonds is 2. The standard InChI is InChI=1S/C12H12N2S/c1-15-11-4-2-3-9(7-11)12-6-5-10(13)8-14-12/h2-8H,13H2,1H3. The summed E-state index contributed by atoms with van der Waals surface area (Å²) in [5, 5.41) is 0. The second-order valence-corrected chi connectivity index (χ2v) is 4.09. The third-order valence-electron chi connectivity index (χ3n) is 2.15. The lowest BCUT2D eigenvalue weighted by atomic mass is 10.1. The van der Waals surface area contributed by atoms with E-state index >= 15 is 0 Å². The number of nitrogens with two attached hydrogens (primary N) is 1. The zero-order chi connectivity index (χ0) is 10.7. The van der Waals surface area contributed by atoms with E-state index in [1.807, 2.05) is 18.2 Å². The first-order valence-electron chi connectivity index (χ1n) is 4.65. The topological polar surface area (TPSA) is 38.9 Å². The van der Waals surface area contributed by atoms with Crippen molar-refractivity contribution in [3.63, 3.8) is 0 Å². The van der Waals surface area contributed by atoms with Crippen molar-refractivity contribution in [2.24, 2.45) is 0 Å². The highest BCUT2D eigenvalue weighted by Gasteiger charge is 1.99. The van der Waals surface area contributed by atoms with Gasteiger partial charge in [-0.25, -0.2) is 0 Å². The Balaban J connectivity index is 2.40. The highest BCUT2D eigenvalue weighted by atomic mass is 32.2. The molecule has 0 radical (unpaired) electrons. The van der Waals surface area contributed by atoms with Crippen LogP contribution in [0.2, 0.25) is 0 Å². The molecule has 0 aliphatic carbocycles. The quantitative estimate of drug-likeness (QED) is 0.784. The van der Waals surface area contributed by atoms with Crippen LogP contribution in [0, 0.1) is 0 Å². The molecule has 0 aliphatic rings. The van der Waals surface area contributed by atoms with Gasteiger partial charge in [0.25, 0.3) is 0 Å². The summed E-state index contributed by atoms with van der Waals surface area (Å²) in [6.07, 6.45) is 3.75. The molecule has 0 saturated heterocycles. The third kappa shape index (κ3) is 2.30. The second kappa shape index (κ2) is 4.36. The average Bonchev–Trinajstić information content (AvgIpc) is 2.30. The van der Waals surface area contributed by atoms with Gasteiger partial charge in [-0.3, -0.25) is 4.98 Å². The number of thioether (sulfide) groups is 1.